The van der Waals surface area contributed by atoms with Crippen molar-refractivity contribution in [2.75, 3.05) is 0 Å². The number of hydrogen-bond donors (Lipinski definition) is 0. The van der Waals surface area contributed by atoms with E-state index in [9.17, 15) is 8.78 Å². The minimum atomic E-state index is -0.278. The Balaban J connectivity index is 2.15. The van der Waals surface area contributed by atoms with E-state index in [2.05, 4.69) is 12.4 Å². The summed E-state index contributed by atoms with van der Waals surface area (Å²) in [6.07, 6.45) is 6.55. The van der Waals surface area contributed by atoms with E-state index in [0.29, 0.717) is 0 Å². The van der Waals surface area contributed by atoms with E-state index in [-0.39, 0.29) is 17.7 Å². The van der Waals surface area contributed by atoms with Gasteiger partial charge in [0.1, 0.15) is 11.6 Å². The second-order valence-electron chi connectivity index (χ2n) is 5.45. The third kappa shape index (κ3) is 2.80. The van der Waals surface area contributed by atoms with Crippen LogP contribution in [-0.4, -0.2) is 4.57 Å². The molecule has 0 aliphatic heterocycles. The molecule has 110 valence electrons. The van der Waals surface area contributed by atoms with Crippen LogP contribution >= 0.6 is 0 Å². The van der Waals surface area contributed by atoms with E-state index in [1.165, 1.54) is 24.3 Å². The van der Waals surface area contributed by atoms with Gasteiger partial charge in [-0.25, -0.2) is 8.78 Å². The van der Waals surface area contributed by atoms with E-state index in [1.54, 1.807) is 24.3 Å². The van der Waals surface area contributed by atoms with Crippen molar-refractivity contribution in [3.05, 3.63) is 72.6 Å². The third-order valence-corrected chi connectivity index (χ3v) is 3.50. The fraction of sp³-hybridized carbons (Fsp3) is 0.158. The highest BCUT2D eigenvalue weighted by Crippen LogP contribution is 2.33. The van der Waals surface area contributed by atoms with Crippen molar-refractivity contribution in [1.82, 2.24) is 4.57 Å². The molecule has 1 nitrogen and oxygen atoms in total. The molecule has 1 aromatic heterocycles. The van der Waals surface area contributed by atoms with Gasteiger partial charge in [0.05, 0.1) is 12.4 Å². The molecule has 0 amide bonds. The number of aromatic nitrogens is 1. The molecule has 2 aromatic carbocycles. The van der Waals surface area contributed by atoms with E-state index >= 15 is 0 Å². The average molecular weight is 295 g/mol. The van der Waals surface area contributed by atoms with Crippen molar-refractivity contribution >= 4 is 0 Å². The first kappa shape index (κ1) is 14.5. The maximum atomic E-state index is 13.1. The molecule has 0 saturated heterocycles. The van der Waals surface area contributed by atoms with Crippen LogP contribution in [0.4, 0.5) is 8.78 Å². The fourth-order valence-electron chi connectivity index (χ4n) is 2.29. The average Bonchev–Trinajstić information content (AvgIpc) is 2.94. The number of nitrogens with zero attached hydrogens (tertiary/aromatic N) is 1. The Morgan fingerprint density at radius 2 is 1.09 bits per heavy atom. The van der Waals surface area contributed by atoms with Gasteiger partial charge in [0.25, 0.3) is 0 Å². The van der Waals surface area contributed by atoms with Gasteiger partial charge in [-0.1, -0.05) is 24.3 Å². The molecule has 3 rings (SSSR count). The summed E-state index contributed by atoms with van der Waals surface area (Å²) in [6.45, 7) is 4.08. The van der Waals surface area contributed by atoms with Gasteiger partial charge in [0.15, 0.2) is 0 Å². The molecule has 3 heteroatoms. The van der Waals surface area contributed by atoms with Crippen LogP contribution in [0, 0.1) is 24.0 Å². The van der Waals surface area contributed by atoms with Crippen LogP contribution in [0.3, 0.4) is 0 Å². The predicted molar refractivity (Wildman–Crippen MR) is 83.3 cm³/mol. The second-order valence-corrected chi connectivity index (χ2v) is 5.45. The highest BCUT2D eigenvalue weighted by molar-refractivity contribution is 5.82. The van der Waals surface area contributed by atoms with Gasteiger partial charge in [0.2, 0.25) is 0 Å². The summed E-state index contributed by atoms with van der Waals surface area (Å²) in [5, 5.41) is 0. The molecule has 0 bridgehead atoms. The van der Waals surface area contributed by atoms with Crippen LogP contribution in [0.25, 0.3) is 22.3 Å². The van der Waals surface area contributed by atoms with Gasteiger partial charge >= 0.3 is 0 Å². The molecular weight excluding hydrogens is 280 g/mol. The fourth-order valence-corrected chi connectivity index (χ4v) is 2.29. The normalized spacial score (nSPS) is 11.1. The number of hydrogen-bond acceptors (Lipinski definition) is 0. The lowest BCUT2D eigenvalue weighted by Crippen LogP contribution is -1.96. The van der Waals surface area contributed by atoms with Crippen molar-refractivity contribution in [1.29, 1.82) is 0 Å². The first-order valence-corrected chi connectivity index (χ1v) is 7.13. The zero-order valence-corrected chi connectivity index (χ0v) is 12.4. The Bertz CT molecular complexity index is 705. The van der Waals surface area contributed by atoms with Gasteiger partial charge in [-0.2, -0.15) is 0 Å². The first-order valence-electron chi connectivity index (χ1n) is 7.13. The molecule has 0 saturated carbocycles. The van der Waals surface area contributed by atoms with Gasteiger partial charge in [-0.3, -0.25) is 0 Å². The lowest BCUT2D eigenvalue weighted by Gasteiger charge is -2.04. The molecule has 1 heterocycles. The second kappa shape index (κ2) is 5.76. The summed E-state index contributed by atoms with van der Waals surface area (Å²) in [5.74, 6) is -0.557. The quantitative estimate of drug-likeness (QED) is 0.619. The van der Waals surface area contributed by atoms with Crippen LogP contribution < -0.4 is 0 Å². The van der Waals surface area contributed by atoms with Crippen molar-refractivity contribution in [2.45, 2.75) is 19.9 Å². The molecule has 0 fully saturated rings. The Morgan fingerprint density at radius 1 is 0.727 bits per heavy atom. The summed E-state index contributed by atoms with van der Waals surface area (Å²) in [5.41, 5.74) is 3.38. The maximum absolute atomic E-state index is 13.1. The van der Waals surface area contributed by atoms with Crippen LogP contribution in [0.1, 0.15) is 19.9 Å². The minimum absolute atomic E-state index is 0.202. The molecular formula is C19H15F2N. The molecule has 0 aliphatic rings. The zero-order valence-electron chi connectivity index (χ0n) is 12.4. The van der Waals surface area contributed by atoms with Crippen molar-refractivity contribution in [3.8, 4) is 22.3 Å². The SMILES string of the molecule is CC(C)n1[c]c(-c2ccc(F)cc2)c(-c2ccc(F)cc2)[c]1. The smallest absolute Gasteiger partial charge is 0.123 e. The number of benzene rings is 2. The van der Waals surface area contributed by atoms with Crippen molar-refractivity contribution in [2.24, 2.45) is 0 Å². The molecule has 0 aliphatic carbocycles. The van der Waals surface area contributed by atoms with E-state index in [4.69, 9.17) is 0 Å². The van der Waals surface area contributed by atoms with Crippen LogP contribution in [-0.2, 0) is 0 Å². The minimum Gasteiger partial charge on any atom is -0.334 e. The summed E-state index contributed by atoms with van der Waals surface area (Å²) in [6, 6.07) is 12.7. The van der Waals surface area contributed by atoms with Crippen LogP contribution in [0.2, 0.25) is 0 Å². The lowest BCUT2D eigenvalue weighted by atomic mass is 9.99. The molecule has 0 unspecified atom stereocenters. The van der Waals surface area contributed by atoms with E-state index in [0.717, 1.165) is 22.3 Å². The zero-order chi connectivity index (χ0) is 15.7. The van der Waals surface area contributed by atoms with Crippen molar-refractivity contribution < 1.29 is 8.78 Å². The summed E-state index contributed by atoms with van der Waals surface area (Å²) >= 11 is 0. The summed E-state index contributed by atoms with van der Waals surface area (Å²) < 4.78 is 28.1. The summed E-state index contributed by atoms with van der Waals surface area (Å²) in [7, 11) is 0. The first-order chi connectivity index (χ1) is 10.5. The Labute approximate surface area is 128 Å². The molecule has 22 heavy (non-hydrogen) atoms. The molecule has 0 N–H and O–H groups in total. The topological polar surface area (TPSA) is 4.93 Å². The van der Waals surface area contributed by atoms with Crippen molar-refractivity contribution in [3.63, 3.8) is 0 Å². The monoisotopic (exact) mass is 295 g/mol. The third-order valence-electron chi connectivity index (χ3n) is 3.50. The van der Waals surface area contributed by atoms with Gasteiger partial charge in [0, 0.05) is 17.2 Å². The molecule has 0 atom stereocenters. The maximum Gasteiger partial charge on any atom is 0.123 e. The predicted octanol–water partition coefficient (Wildman–Crippen LogP) is 5.28. The summed E-state index contributed by atoms with van der Waals surface area (Å²) in [4.78, 5) is 0. The number of rotatable bonds is 3. The highest BCUT2D eigenvalue weighted by atomic mass is 19.1. The Kier molecular flexibility index (Phi) is 3.80. The largest absolute Gasteiger partial charge is 0.334 e. The van der Waals surface area contributed by atoms with E-state index < -0.39 is 0 Å². The van der Waals surface area contributed by atoms with E-state index in [1.807, 2.05) is 18.4 Å². The van der Waals surface area contributed by atoms with Gasteiger partial charge in [-0.05, 0) is 49.2 Å². The standard InChI is InChI=1S/C19H15F2N/c1-13(2)22-11-18(14-3-7-16(20)8-4-14)19(12-22)15-5-9-17(21)10-6-15/h3-10,13H,1-2H3. The Morgan fingerprint density at radius 3 is 1.41 bits per heavy atom. The lowest BCUT2D eigenvalue weighted by molar-refractivity contribution is 0.597. The Hall–Kier alpha value is -2.42. The number of halogens is 2. The molecule has 3 aromatic rings. The molecule has 0 spiro atoms. The molecule has 2 radical (unpaired) electrons. The highest BCUT2D eigenvalue weighted by Gasteiger charge is 2.14. The van der Waals surface area contributed by atoms with Gasteiger partial charge in [-0.15, -0.1) is 0 Å². The van der Waals surface area contributed by atoms with Crippen LogP contribution in [0.5, 0.6) is 0 Å². The van der Waals surface area contributed by atoms with Crippen LogP contribution in [0.15, 0.2) is 48.5 Å². The van der Waals surface area contributed by atoms with Gasteiger partial charge < -0.3 is 4.57 Å².